The van der Waals surface area contributed by atoms with E-state index in [-0.39, 0.29) is 5.91 Å². The zero-order valence-corrected chi connectivity index (χ0v) is 12.0. The van der Waals surface area contributed by atoms with Crippen LogP contribution in [0.5, 0.6) is 5.75 Å². The van der Waals surface area contributed by atoms with Gasteiger partial charge in [0, 0.05) is 43.7 Å². The monoisotopic (exact) mass is 285 g/mol. The van der Waals surface area contributed by atoms with Crippen molar-refractivity contribution in [1.82, 2.24) is 10.3 Å². The molecule has 0 atom stereocenters. The highest BCUT2D eigenvalue weighted by Gasteiger charge is 2.01. The topological polar surface area (TPSA) is 63.2 Å². The van der Waals surface area contributed by atoms with Gasteiger partial charge in [-0.1, -0.05) is 6.07 Å². The summed E-state index contributed by atoms with van der Waals surface area (Å²) < 4.78 is 5.15. The second kappa shape index (κ2) is 7.89. The summed E-state index contributed by atoms with van der Waals surface area (Å²) in [6.45, 7) is 1.11. The number of carbonyl (C=O) groups is 1. The predicted molar refractivity (Wildman–Crippen MR) is 82.2 cm³/mol. The Hall–Kier alpha value is -2.56. The first kappa shape index (κ1) is 14.8. The van der Waals surface area contributed by atoms with Crippen molar-refractivity contribution in [2.45, 2.75) is 13.0 Å². The summed E-state index contributed by atoms with van der Waals surface area (Å²) in [5.74, 6) is 0.810. The molecule has 0 fully saturated rings. The molecule has 0 aliphatic rings. The van der Waals surface area contributed by atoms with Gasteiger partial charge in [-0.15, -0.1) is 0 Å². The molecule has 110 valence electrons. The Morgan fingerprint density at radius 2 is 2.05 bits per heavy atom. The number of amides is 1. The van der Waals surface area contributed by atoms with E-state index in [1.165, 1.54) is 0 Å². The largest absolute Gasteiger partial charge is 0.497 e. The van der Waals surface area contributed by atoms with Crippen molar-refractivity contribution in [3.8, 4) is 5.75 Å². The van der Waals surface area contributed by atoms with E-state index in [0.29, 0.717) is 19.5 Å². The molecule has 5 heteroatoms. The zero-order valence-electron chi connectivity index (χ0n) is 12.0. The van der Waals surface area contributed by atoms with Gasteiger partial charge in [0.15, 0.2) is 0 Å². The summed E-state index contributed by atoms with van der Waals surface area (Å²) in [6.07, 6.45) is 3.85. The van der Waals surface area contributed by atoms with E-state index in [1.807, 2.05) is 36.4 Å². The molecule has 0 saturated heterocycles. The molecule has 2 N–H and O–H groups in total. The van der Waals surface area contributed by atoms with Gasteiger partial charge in [0.05, 0.1) is 7.11 Å². The minimum Gasteiger partial charge on any atom is -0.497 e. The molecule has 21 heavy (non-hydrogen) atoms. The van der Waals surface area contributed by atoms with Gasteiger partial charge in [-0.05, 0) is 29.8 Å². The Labute approximate surface area is 124 Å². The Kier molecular flexibility index (Phi) is 5.58. The molecule has 0 spiro atoms. The fraction of sp³-hybridized carbons (Fsp3) is 0.250. The second-order valence-corrected chi connectivity index (χ2v) is 4.54. The molecular weight excluding hydrogens is 266 g/mol. The Balaban J connectivity index is 1.69. The van der Waals surface area contributed by atoms with E-state index in [0.717, 1.165) is 17.0 Å². The van der Waals surface area contributed by atoms with Gasteiger partial charge in [0.25, 0.3) is 0 Å². The van der Waals surface area contributed by atoms with Gasteiger partial charge in [-0.25, -0.2) is 0 Å². The number of rotatable bonds is 7. The van der Waals surface area contributed by atoms with Crippen molar-refractivity contribution in [3.63, 3.8) is 0 Å². The number of methoxy groups -OCH3 is 1. The van der Waals surface area contributed by atoms with Crippen molar-refractivity contribution in [1.29, 1.82) is 0 Å². The molecule has 0 unspecified atom stereocenters. The summed E-state index contributed by atoms with van der Waals surface area (Å²) in [4.78, 5) is 15.7. The molecule has 0 aliphatic heterocycles. The number of anilines is 1. The molecule has 1 aromatic heterocycles. The van der Waals surface area contributed by atoms with Crippen LogP contribution in [0.3, 0.4) is 0 Å². The number of ether oxygens (including phenoxy) is 1. The standard InChI is InChI=1S/C16H19N3O2/c1-21-15-4-2-3-14(11-15)18-10-7-16(20)19-12-13-5-8-17-9-6-13/h2-6,8-9,11,18H,7,10,12H2,1H3,(H,19,20). The van der Waals surface area contributed by atoms with Gasteiger partial charge < -0.3 is 15.4 Å². The first-order chi connectivity index (χ1) is 10.3. The lowest BCUT2D eigenvalue weighted by Gasteiger charge is -2.08. The number of pyridine rings is 1. The summed E-state index contributed by atoms with van der Waals surface area (Å²) in [6, 6.07) is 11.4. The van der Waals surface area contributed by atoms with Gasteiger partial charge >= 0.3 is 0 Å². The van der Waals surface area contributed by atoms with Crippen molar-refractivity contribution in [2.75, 3.05) is 19.0 Å². The lowest BCUT2D eigenvalue weighted by molar-refractivity contribution is -0.121. The Bertz CT molecular complexity index is 573. The van der Waals surface area contributed by atoms with Gasteiger partial charge in [-0.3, -0.25) is 9.78 Å². The van der Waals surface area contributed by atoms with Crippen molar-refractivity contribution in [3.05, 3.63) is 54.4 Å². The molecular formula is C16H19N3O2. The van der Waals surface area contributed by atoms with Crippen LogP contribution in [0.25, 0.3) is 0 Å². The maximum absolute atomic E-state index is 11.7. The molecule has 0 aliphatic carbocycles. The third kappa shape index (κ3) is 5.14. The smallest absolute Gasteiger partial charge is 0.222 e. The first-order valence-electron chi connectivity index (χ1n) is 6.81. The number of hydrogen-bond acceptors (Lipinski definition) is 4. The zero-order chi connectivity index (χ0) is 14.9. The van der Waals surface area contributed by atoms with Crippen LogP contribution in [-0.2, 0) is 11.3 Å². The predicted octanol–water partition coefficient (Wildman–Crippen LogP) is 2.21. The van der Waals surface area contributed by atoms with Gasteiger partial charge in [-0.2, -0.15) is 0 Å². The summed E-state index contributed by atoms with van der Waals surface area (Å²) in [7, 11) is 1.63. The molecule has 2 aromatic rings. The highest BCUT2D eigenvalue weighted by atomic mass is 16.5. The Morgan fingerprint density at radius 1 is 1.24 bits per heavy atom. The van der Waals surface area contributed by atoms with Crippen LogP contribution in [0.2, 0.25) is 0 Å². The van der Waals surface area contributed by atoms with Crippen LogP contribution in [0.1, 0.15) is 12.0 Å². The third-order valence-electron chi connectivity index (χ3n) is 2.99. The number of nitrogens with one attached hydrogen (secondary N) is 2. The SMILES string of the molecule is COc1cccc(NCCC(=O)NCc2ccncc2)c1. The van der Waals surface area contributed by atoms with Crippen molar-refractivity contribution >= 4 is 11.6 Å². The van der Waals surface area contributed by atoms with Crippen LogP contribution in [0, 0.1) is 0 Å². The van der Waals surface area contributed by atoms with E-state index in [9.17, 15) is 4.79 Å². The molecule has 5 nitrogen and oxygen atoms in total. The number of nitrogens with zero attached hydrogens (tertiary/aromatic N) is 1. The lowest BCUT2D eigenvalue weighted by Crippen LogP contribution is -2.24. The number of carbonyl (C=O) groups excluding carboxylic acids is 1. The van der Waals surface area contributed by atoms with Crippen molar-refractivity contribution < 1.29 is 9.53 Å². The fourth-order valence-electron chi connectivity index (χ4n) is 1.84. The van der Waals surface area contributed by atoms with Crippen molar-refractivity contribution in [2.24, 2.45) is 0 Å². The van der Waals surface area contributed by atoms with Gasteiger partial charge in [0.1, 0.15) is 5.75 Å². The van der Waals surface area contributed by atoms with Crippen LogP contribution in [-0.4, -0.2) is 24.5 Å². The van der Waals surface area contributed by atoms with Crippen LogP contribution < -0.4 is 15.4 Å². The number of aromatic nitrogens is 1. The average molecular weight is 285 g/mol. The molecule has 1 aromatic carbocycles. The molecule has 1 amide bonds. The number of hydrogen-bond donors (Lipinski definition) is 2. The molecule has 0 saturated carbocycles. The first-order valence-corrected chi connectivity index (χ1v) is 6.81. The minimum absolute atomic E-state index is 0.0159. The normalized spacial score (nSPS) is 9.95. The summed E-state index contributed by atoms with van der Waals surface area (Å²) >= 11 is 0. The summed E-state index contributed by atoms with van der Waals surface area (Å²) in [5.41, 5.74) is 1.98. The number of benzene rings is 1. The third-order valence-corrected chi connectivity index (χ3v) is 2.99. The average Bonchev–Trinajstić information content (AvgIpc) is 2.54. The van der Waals surface area contributed by atoms with Gasteiger partial charge in [0.2, 0.25) is 5.91 Å². The van der Waals surface area contributed by atoms with E-state index < -0.39 is 0 Å². The highest BCUT2D eigenvalue weighted by Crippen LogP contribution is 2.16. The lowest BCUT2D eigenvalue weighted by atomic mass is 10.2. The minimum atomic E-state index is 0.0159. The second-order valence-electron chi connectivity index (χ2n) is 4.54. The van der Waals surface area contributed by atoms with Crippen LogP contribution >= 0.6 is 0 Å². The van der Waals surface area contributed by atoms with E-state index in [2.05, 4.69) is 15.6 Å². The molecule has 0 radical (unpaired) electrons. The fourth-order valence-corrected chi connectivity index (χ4v) is 1.84. The highest BCUT2D eigenvalue weighted by molar-refractivity contribution is 5.76. The quantitative estimate of drug-likeness (QED) is 0.818. The van der Waals surface area contributed by atoms with E-state index in [1.54, 1.807) is 19.5 Å². The maximum Gasteiger partial charge on any atom is 0.222 e. The van der Waals surface area contributed by atoms with E-state index >= 15 is 0 Å². The molecule has 0 bridgehead atoms. The summed E-state index contributed by atoms with van der Waals surface area (Å²) in [5, 5.41) is 6.07. The molecule has 2 rings (SSSR count). The van der Waals surface area contributed by atoms with E-state index in [4.69, 9.17) is 4.74 Å². The van der Waals surface area contributed by atoms with Crippen LogP contribution in [0.15, 0.2) is 48.8 Å². The Morgan fingerprint density at radius 3 is 2.81 bits per heavy atom. The molecule has 1 heterocycles. The maximum atomic E-state index is 11.7. The van der Waals surface area contributed by atoms with Crippen LogP contribution in [0.4, 0.5) is 5.69 Å².